The Bertz CT molecular complexity index is 969. The summed E-state index contributed by atoms with van der Waals surface area (Å²) in [6, 6.07) is 0. The van der Waals surface area contributed by atoms with Gasteiger partial charge in [0, 0.05) is 26.2 Å². The van der Waals surface area contributed by atoms with Gasteiger partial charge in [-0.1, -0.05) is 20.3 Å². The lowest BCUT2D eigenvalue weighted by atomic mass is 9.98. The molecule has 1 saturated heterocycles. The van der Waals surface area contributed by atoms with E-state index >= 15 is 0 Å². The molecule has 1 fully saturated rings. The van der Waals surface area contributed by atoms with E-state index in [1.54, 1.807) is 13.8 Å². The van der Waals surface area contributed by atoms with Gasteiger partial charge in [-0.25, -0.2) is 17.5 Å². The van der Waals surface area contributed by atoms with Crippen molar-refractivity contribution < 1.29 is 13.2 Å². The molecule has 0 aromatic carbocycles. The van der Waals surface area contributed by atoms with E-state index in [4.69, 9.17) is 5.73 Å². The van der Waals surface area contributed by atoms with E-state index in [9.17, 15) is 22.8 Å². The molecule has 0 spiro atoms. The fourth-order valence-electron chi connectivity index (χ4n) is 3.80. The highest BCUT2D eigenvalue weighted by atomic mass is 32.2. The minimum absolute atomic E-state index is 0.0421. The molecular formula is C19H33N5O5S. The Morgan fingerprint density at radius 1 is 1.23 bits per heavy atom. The number of aromatic amines is 1. The minimum atomic E-state index is -3.41. The Kier molecular flexibility index (Phi) is 8.25. The Morgan fingerprint density at radius 3 is 2.53 bits per heavy atom. The van der Waals surface area contributed by atoms with Crippen LogP contribution in [0.5, 0.6) is 0 Å². The zero-order valence-electron chi connectivity index (χ0n) is 18.0. The number of H-pyrrole nitrogens is 1. The molecule has 30 heavy (non-hydrogen) atoms. The molecule has 1 aromatic rings. The lowest BCUT2D eigenvalue weighted by Gasteiger charge is -2.34. The number of sulfonamides is 1. The van der Waals surface area contributed by atoms with Gasteiger partial charge in [-0.15, -0.1) is 0 Å². The van der Waals surface area contributed by atoms with Crippen LogP contribution in [0.25, 0.3) is 0 Å². The molecule has 170 valence electrons. The summed E-state index contributed by atoms with van der Waals surface area (Å²) in [5, 5.41) is 0. The second-order valence-corrected chi connectivity index (χ2v) is 9.68. The molecule has 0 saturated carbocycles. The van der Waals surface area contributed by atoms with Crippen LogP contribution in [0.2, 0.25) is 0 Å². The van der Waals surface area contributed by atoms with Crippen LogP contribution < -0.4 is 21.9 Å². The SMILES string of the molecule is CCCCn1c(N)c(N(CC)C(=O)C2CCCN(S(=O)(=O)CCC)C2)c(=O)[nH]c1=O. The summed E-state index contributed by atoms with van der Waals surface area (Å²) in [6.07, 6.45) is 3.13. The summed E-state index contributed by atoms with van der Waals surface area (Å²) in [4.78, 5) is 41.5. The van der Waals surface area contributed by atoms with Crippen molar-refractivity contribution >= 4 is 27.4 Å². The molecule has 2 heterocycles. The van der Waals surface area contributed by atoms with Crippen LogP contribution in [-0.4, -0.2) is 53.6 Å². The van der Waals surface area contributed by atoms with Crippen LogP contribution in [0.1, 0.15) is 52.9 Å². The number of hydrogen-bond acceptors (Lipinski definition) is 6. The molecular weight excluding hydrogens is 410 g/mol. The highest BCUT2D eigenvalue weighted by Gasteiger charge is 2.35. The van der Waals surface area contributed by atoms with E-state index in [2.05, 4.69) is 4.98 Å². The van der Waals surface area contributed by atoms with Crippen molar-refractivity contribution in [1.82, 2.24) is 13.9 Å². The standard InChI is InChI=1S/C19H33N5O5S/c1-4-7-11-24-16(20)15(17(25)21-19(24)27)23(6-3)18(26)14-9-8-10-22(13-14)30(28,29)12-5-2/h14H,4-13,20H2,1-3H3,(H,21,25,27). The fraction of sp³-hybridized carbons (Fsp3) is 0.737. The smallest absolute Gasteiger partial charge is 0.330 e. The first-order valence-corrected chi connectivity index (χ1v) is 12.2. The molecule has 1 aromatic heterocycles. The molecule has 1 aliphatic rings. The van der Waals surface area contributed by atoms with Gasteiger partial charge >= 0.3 is 5.69 Å². The first kappa shape index (κ1) is 24.1. The molecule has 0 radical (unpaired) electrons. The van der Waals surface area contributed by atoms with Gasteiger partial charge in [0.15, 0.2) is 5.69 Å². The van der Waals surface area contributed by atoms with Crippen molar-refractivity contribution in [2.24, 2.45) is 5.92 Å². The minimum Gasteiger partial charge on any atom is -0.383 e. The second-order valence-electron chi connectivity index (χ2n) is 7.59. The first-order chi connectivity index (χ1) is 14.2. The van der Waals surface area contributed by atoms with Crippen molar-refractivity contribution in [3.8, 4) is 0 Å². The number of anilines is 2. The number of nitrogens with one attached hydrogen (secondary N) is 1. The fourth-order valence-corrected chi connectivity index (χ4v) is 5.39. The van der Waals surface area contributed by atoms with Gasteiger partial charge in [0.25, 0.3) is 5.56 Å². The summed E-state index contributed by atoms with van der Waals surface area (Å²) in [6.45, 7) is 6.47. The lowest BCUT2D eigenvalue weighted by Crippen LogP contribution is -2.49. The van der Waals surface area contributed by atoms with E-state index in [0.29, 0.717) is 38.8 Å². The number of nitrogens with zero attached hydrogens (tertiary/aromatic N) is 3. The van der Waals surface area contributed by atoms with Crippen LogP contribution in [0.15, 0.2) is 9.59 Å². The molecule has 0 bridgehead atoms. The summed E-state index contributed by atoms with van der Waals surface area (Å²) in [5.74, 6) is -0.925. The lowest BCUT2D eigenvalue weighted by molar-refractivity contribution is -0.123. The zero-order chi connectivity index (χ0) is 22.5. The number of aromatic nitrogens is 2. The number of nitrogen functional groups attached to an aromatic ring is 1. The number of carbonyl (C=O) groups excluding carboxylic acids is 1. The molecule has 3 N–H and O–H groups in total. The molecule has 0 aliphatic carbocycles. The van der Waals surface area contributed by atoms with Gasteiger partial charge in [-0.05, 0) is 32.6 Å². The molecule has 1 amide bonds. The van der Waals surface area contributed by atoms with Crippen LogP contribution in [0, 0.1) is 5.92 Å². The van der Waals surface area contributed by atoms with Crippen molar-refractivity contribution in [2.45, 2.75) is 59.4 Å². The molecule has 1 atom stereocenters. The average Bonchev–Trinajstić information content (AvgIpc) is 2.70. The van der Waals surface area contributed by atoms with E-state index in [1.807, 2.05) is 6.92 Å². The molecule has 11 heteroatoms. The topological polar surface area (TPSA) is 139 Å². The van der Waals surface area contributed by atoms with Crippen LogP contribution in [0.3, 0.4) is 0 Å². The van der Waals surface area contributed by atoms with Gasteiger partial charge < -0.3 is 10.6 Å². The van der Waals surface area contributed by atoms with Crippen molar-refractivity contribution in [1.29, 1.82) is 0 Å². The highest BCUT2D eigenvalue weighted by Crippen LogP contribution is 2.25. The van der Waals surface area contributed by atoms with Crippen LogP contribution in [0.4, 0.5) is 11.5 Å². The maximum atomic E-state index is 13.3. The van der Waals surface area contributed by atoms with Gasteiger partial charge in [0.2, 0.25) is 15.9 Å². The summed E-state index contributed by atoms with van der Waals surface area (Å²) in [5.41, 5.74) is 4.78. The normalized spacial score (nSPS) is 17.8. The monoisotopic (exact) mass is 443 g/mol. The highest BCUT2D eigenvalue weighted by molar-refractivity contribution is 7.89. The van der Waals surface area contributed by atoms with Gasteiger partial charge in [-0.3, -0.25) is 19.1 Å². The molecule has 10 nitrogen and oxygen atoms in total. The first-order valence-electron chi connectivity index (χ1n) is 10.6. The zero-order valence-corrected chi connectivity index (χ0v) is 18.8. The van der Waals surface area contributed by atoms with Gasteiger partial charge in [0.05, 0.1) is 11.7 Å². The summed E-state index contributed by atoms with van der Waals surface area (Å²) >= 11 is 0. The third kappa shape index (κ3) is 5.12. The number of rotatable bonds is 9. The predicted molar refractivity (Wildman–Crippen MR) is 117 cm³/mol. The number of nitrogens with two attached hydrogens (primary N) is 1. The van der Waals surface area contributed by atoms with Crippen molar-refractivity contribution in [3.63, 3.8) is 0 Å². The molecule has 1 unspecified atom stereocenters. The van der Waals surface area contributed by atoms with Gasteiger partial charge in [0.1, 0.15) is 5.82 Å². The predicted octanol–water partition coefficient (Wildman–Crippen LogP) is 0.724. The van der Waals surface area contributed by atoms with E-state index < -0.39 is 27.2 Å². The Balaban J connectivity index is 2.37. The maximum absolute atomic E-state index is 13.3. The van der Waals surface area contributed by atoms with Crippen LogP contribution >= 0.6 is 0 Å². The Morgan fingerprint density at radius 2 is 1.93 bits per heavy atom. The van der Waals surface area contributed by atoms with Crippen molar-refractivity contribution in [2.75, 3.05) is 36.0 Å². The van der Waals surface area contributed by atoms with E-state index in [0.717, 1.165) is 6.42 Å². The molecule has 1 aliphatic heterocycles. The maximum Gasteiger partial charge on any atom is 0.330 e. The van der Waals surface area contributed by atoms with E-state index in [1.165, 1.54) is 13.8 Å². The summed E-state index contributed by atoms with van der Waals surface area (Å²) in [7, 11) is -3.41. The number of carbonyl (C=O) groups is 1. The van der Waals surface area contributed by atoms with Gasteiger partial charge in [-0.2, -0.15) is 0 Å². The third-order valence-electron chi connectivity index (χ3n) is 5.39. The Hall–Kier alpha value is -2.14. The quantitative estimate of drug-likeness (QED) is 0.577. The van der Waals surface area contributed by atoms with Crippen molar-refractivity contribution in [3.05, 3.63) is 20.8 Å². The largest absolute Gasteiger partial charge is 0.383 e. The third-order valence-corrected chi connectivity index (χ3v) is 7.43. The number of amides is 1. The summed E-state index contributed by atoms with van der Waals surface area (Å²) < 4.78 is 27.5. The number of hydrogen-bond donors (Lipinski definition) is 2. The van der Waals surface area contributed by atoms with E-state index in [-0.39, 0.29) is 36.3 Å². The average molecular weight is 444 g/mol. The number of piperidine rings is 1. The second kappa shape index (κ2) is 10.3. The number of unbranched alkanes of at least 4 members (excludes halogenated alkanes) is 1. The Labute approximate surface area is 177 Å². The van der Waals surface area contributed by atoms with Crippen LogP contribution in [-0.2, 0) is 21.4 Å². The molecule has 2 rings (SSSR count).